The van der Waals surface area contributed by atoms with E-state index in [2.05, 4.69) is 15.3 Å². The molecule has 0 amide bonds. The Morgan fingerprint density at radius 1 is 1.21 bits per heavy atom. The Kier molecular flexibility index (Phi) is 6.29. The molecule has 2 aromatic carbocycles. The fraction of sp³-hybridized carbons (Fsp3) is 0.100. The first-order valence-corrected chi connectivity index (χ1v) is 8.70. The lowest BCUT2D eigenvalue weighted by Crippen LogP contribution is -2.22. The van der Waals surface area contributed by atoms with Crippen molar-refractivity contribution in [3.8, 4) is 11.5 Å². The summed E-state index contributed by atoms with van der Waals surface area (Å²) >= 11 is 5.86. The van der Waals surface area contributed by atoms with E-state index in [1.165, 1.54) is 13.2 Å². The Morgan fingerprint density at radius 2 is 2.00 bits per heavy atom. The molecule has 6 nitrogen and oxygen atoms in total. The molecule has 0 bridgehead atoms. The number of ether oxygens (including phenoxy) is 2. The van der Waals surface area contributed by atoms with Crippen LogP contribution in [0.1, 0.15) is 5.56 Å². The number of pyridine rings is 1. The molecule has 0 atom stereocenters. The molecule has 0 aliphatic carbocycles. The minimum absolute atomic E-state index is 0.00849. The van der Waals surface area contributed by atoms with E-state index in [0.717, 1.165) is 5.69 Å². The Morgan fingerprint density at radius 3 is 2.71 bits per heavy atom. The maximum Gasteiger partial charge on any atom is 0.200 e. The highest BCUT2D eigenvalue weighted by Crippen LogP contribution is 2.26. The lowest BCUT2D eigenvalue weighted by Gasteiger charge is -2.10. The summed E-state index contributed by atoms with van der Waals surface area (Å²) in [5.41, 5.74) is 7.05. The lowest BCUT2D eigenvalue weighted by atomic mass is 10.2. The number of aliphatic imine (C=N–C) groups is 1. The van der Waals surface area contributed by atoms with Crippen LogP contribution in [-0.2, 0) is 6.61 Å². The highest BCUT2D eigenvalue weighted by molar-refractivity contribution is 6.30. The number of rotatable bonds is 6. The number of aromatic nitrogens is 1. The van der Waals surface area contributed by atoms with Gasteiger partial charge in [0, 0.05) is 28.5 Å². The van der Waals surface area contributed by atoms with E-state index in [9.17, 15) is 4.39 Å². The van der Waals surface area contributed by atoms with E-state index in [0.29, 0.717) is 22.1 Å². The van der Waals surface area contributed by atoms with Crippen molar-refractivity contribution in [2.24, 2.45) is 10.7 Å². The number of nitrogens with one attached hydrogen (secondary N) is 1. The number of halogens is 2. The fourth-order valence-electron chi connectivity index (χ4n) is 2.33. The summed E-state index contributed by atoms with van der Waals surface area (Å²) in [4.78, 5) is 8.41. The predicted octanol–water partition coefficient (Wildman–Crippen LogP) is 4.52. The van der Waals surface area contributed by atoms with Crippen molar-refractivity contribution in [1.82, 2.24) is 4.98 Å². The summed E-state index contributed by atoms with van der Waals surface area (Å²) in [5, 5.41) is 3.56. The van der Waals surface area contributed by atoms with Crippen LogP contribution in [0.3, 0.4) is 0 Å². The van der Waals surface area contributed by atoms with Crippen LogP contribution < -0.4 is 20.5 Å². The third-order valence-electron chi connectivity index (χ3n) is 3.74. The minimum Gasteiger partial charge on any atom is -0.497 e. The van der Waals surface area contributed by atoms with Crippen molar-refractivity contribution in [2.75, 3.05) is 12.4 Å². The maximum absolute atomic E-state index is 14.1. The topological polar surface area (TPSA) is 81.8 Å². The molecule has 1 aromatic heterocycles. The molecule has 0 saturated carbocycles. The van der Waals surface area contributed by atoms with Crippen LogP contribution >= 0.6 is 11.6 Å². The average Bonchev–Trinajstić information content (AvgIpc) is 2.69. The quantitative estimate of drug-likeness (QED) is 0.469. The number of benzene rings is 2. The van der Waals surface area contributed by atoms with Gasteiger partial charge < -0.3 is 20.5 Å². The van der Waals surface area contributed by atoms with E-state index >= 15 is 0 Å². The second-order valence-corrected chi connectivity index (χ2v) is 6.14. The molecule has 1 heterocycles. The van der Waals surface area contributed by atoms with Crippen LogP contribution in [0.25, 0.3) is 0 Å². The number of hydrogen-bond donors (Lipinski definition) is 2. The SMILES string of the molecule is COc1ccc(COc2cccnc2N=C(N)Nc2ccc(Cl)cc2)c(F)c1. The first-order chi connectivity index (χ1) is 13.5. The molecule has 0 aliphatic rings. The van der Waals surface area contributed by atoms with Crippen molar-refractivity contribution >= 4 is 29.1 Å². The van der Waals surface area contributed by atoms with Crippen molar-refractivity contribution in [3.63, 3.8) is 0 Å². The van der Waals surface area contributed by atoms with Gasteiger partial charge in [-0.25, -0.2) is 9.37 Å². The molecule has 3 rings (SSSR count). The Labute approximate surface area is 166 Å². The molecule has 0 saturated heterocycles. The summed E-state index contributed by atoms with van der Waals surface area (Å²) < 4.78 is 24.8. The van der Waals surface area contributed by atoms with Crippen molar-refractivity contribution in [1.29, 1.82) is 0 Å². The van der Waals surface area contributed by atoms with Crippen LogP contribution in [0.2, 0.25) is 5.02 Å². The molecule has 0 unspecified atom stereocenters. The smallest absolute Gasteiger partial charge is 0.200 e. The molecule has 8 heteroatoms. The van der Waals surface area contributed by atoms with Gasteiger partial charge >= 0.3 is 0 Å². The van der Waals surface area contributed by atoms with Gasteiger partial charge in [0.1, 0.15) is 18.2 Å². The highest BCUT2D eigenvalue weighted by Gasteiger charge is 2.09. The van der Waals surface area contributed by atoms with Crippen LogP contribution in [0.4, 0.5) is 15.9 Å². The summed E-state index contributed by atoms with van der Waals surface area (Å²) in [6.45, 7) is 0.00849. The summed E-state index contributed by atoms with van der Waals surface area (Å²) in [6.07, 6.45) is 1.56. The number of hydrogen-bond acceptors (Lipinski definition) is 4. The van der Waals surface area contributed by atoms with Crippen molar-refractivity contribution < 1.29 is 13.9 Å². The monoisotopic (exact) mass is 400 g/mol. The van der Waals surface area contributed by atoms with Gasteiger partial charge in [-0.1, -0.05) is 11.6 Å². The van der Waals surface area contributed by atoms with Crippen LogP contribution in [0.5, 0.6) is 11.5 Å². The van der Waals surface area contributed by atoms with Gasteiger partial charge in [-0.2, -0.15) is 4.99 Å². The van der Waals surface area contributed by atoms with Gasteiger partial charge in [-0.3, -0.25) is 0 Å². The van der Waals surface area contributed by atoms with Gasteiger partial charge in [0.05, 0.1) is 7.11 Å². The first kappa shape index (κ1) is 19.4. The van der Waals surface area contributed by atoms with Gasteiger partial charge in [0.2, 0.25) is 0 Å². The number of nitrogens with zero attached hydrogens (tertiary/aromatic N) is 2. The molecule has 3 aromatic rings. The molecule has 0 spiro atoms. The van der Waals surface area contributed by atoms with E-state index in [1.54, 1.807) is 54.7 Å². The highest BCUT2D eigenvalue weighted by atomic mass is 35.5. The number of anilines is 1. The zero-order valence-corrected chi connectivity index (χ0v) is 15.8. The van der Waals surface area contributed by atoms with Crippen molar-refractivity contribution in [2.45, 2.75) is 6.61 Å². The molecule has 0 aliphatic heterocycles. The minimum atomic E-state index is -0.419. The average molecular weight is 401 g/mol. The Bertz CT molecular complexity index is 980. The number of guanidine groups is 1. The van der Waals surface area contributed by atoms with Gasteiger partial charge in [0.15, 0.2) is 17.5 Å². The standard InChI is InChI=1S/C20H18ClFN4O2/c1-27-16-9-4-13(17(22)11-16)12-28-18-3-2-10-24-19(18)26-20(23)25-15-7-5-14(21)6-8-15/h2-11H,12H2,1H3,(H3,23,24,25,26). The predicted molar refractivity (Wildman–Crippen MR) is 108 cm³/mol. The third-order valence-corrected chi connectivity index (χ3v) is 3.99. The molecular weight excluding hydrogens is 383 g/mol. The van der Waals surface area contributed by atoms with E-state index in [4.69, 9.17) is 26.8 Å². The summed E-state index contributed by atoms with van der Waals surface area (Å²) in [7, 11) is 1.48. The van der Waals surface area contributed by atoms with Crippen LogP contribution in [0.15, 0.2) is 65.8 Å². The Balaban J connectivity index is 1.72. The maximum atomic E-state index is 14.1. The van der Waals surface area contributed by atoms with Gasteiger partial charge in [0.25, 0.3) is 0 Å². The normalized spacial score (nSPS) is 11.2. The molecule has 28 heavy (non-hydrogen) atoms. The largest absolute Gasteiger partial charge is 0.497 e. The van der Waals surface area contributed by atoms with E-state index < -0.39 is 5.82 Å². The van der Waals surface area contributed by atoms with Crippen LogP contribution in [0, 0.1) is 5.82 Å². The zero-order chi connectivity index (χ0) is 19.9. The fourth-order valence-corrected chi connectivity index (χ4v) is 2.46. The van der Waals surface area contributed by atoms with Crippen LogP contribution in [-0.4, -0.2) is 18.1 Å². The number of methoxy groups -OCH3 is 1. The van der Waals surface area contributed by atoms with Gasteiger partial charge in [-0.05, 0) is 48.5 Å². The van der Waals surface area contributed by atoms with E-state index in [1.807, 2.05) is 0 Å². The Hall–Kier alpha value is -3.32. The summed E-state index contributed by atoms with van der Waals surface area (Å²) in [5.74, 6) is 0.793. The van der Waals surface area contributed by atoms with E-state index in [-0.39, 0.29) is 18.4 Å². The zero-order valence-electron chi connectivity index (χ0n) is 15.0. The van der Waals surface area contributed by atoms with Crippen molar-refractivity contribution in [3.05, 3.63) is 77.2 Å². The number of nitrogens with two attached hydrogens (primary N) is 1. The molecule has 0 fully saturated rings. The molecule has 144 valence electrons. The second kappa shape index (κ2) is 9.05. The first-order valence-electron chi connectivity index (χ1n) is 8.32. The lowest BCUT2D eigenvalue weighted by molar-refractivity contribution is 0.299. The second-order valence-electron chi connectivity index (χ2n) is 5.70. The van der Waals surface area contributed by atoms with Gasteiger partial charge in [-0.15, -0.1) is 0 Å². The molecule has 0 radical (unpaired) electrons. The summed E-state index contributed by atoms with van der Waals surface area (Å²) in [6, 6.07) is 15.0. The molecule has 3 N–H and O–H groups in total. The molecular formula is C20H18ClFN4O2. The third kappa shape index (κ3) is 5.11.